The topological polar surface area (TPSA) is 180 Å². The van der Waals surface area contributed by atoms with E-state index in [1.54, 1.807) is 0 Å². The van der Waals surface area contributed by atoms with Crippen molar-refractivity contribution >= 4 is 13.8 Å². The summed E-state index contributed by atoms with van der Waals surface area (Å²) in [6.07, 6.45) is 12.1. The molecule has 0 saturated heterocycles. The van der Waals surface area contributed by atoms with E-state index < -0.39 is 50.2 Å². The zero-order valence-electron chi connectivity index (χ0n) is 28.9. The van der Waals surface area contributed by atoms with Crippen LogP contribution in [-0.4, -0.2) is 51.3 Å². The third kappa shape index (κ3) is 9.27. The first-order chi connectivity index (χ1) is 20.5. The van der Waals surface area contributed by atoms with Gasteiger partial charge in [-0.25, -0.2) is 4.79 Å². The van der Waals surface area contributed by atoms with E-state index in [1.807, 2.05) is 0 Å². The molecular weight excluding hydrogens is 633 g/mol. The minimum atomic E-state index is -4.91. The van der Waals surface area contributed by atoms with Crippen molar-refractivity contribution in [3.05, 3.63) is 23.2 Å². The molecule has 0 radical (unpaired) electrons. The molecule has 5 rings (SSSR count). The van der Waals surface area contributed by atoms with E-state index in [0.29, 0.717) is 24.2 Å². The van der Waals surface area contributed by atoms with Crippen LogP contribution in [0.2, 0.25) is 0 Å². The number of ether oxygens (including phenoxy) is 1. The van der Waals surface area contributed by atoms with Crippen LogP contribution in [0.15, 0.2) is 23.2 Å². The SMILES string of the molecule is CC(C)CCC[C@@H](C)[C@H]1CCC2C3CC=C4CC(OP(=O)([O-])[O-])CC[C@]4(C)C3CC[C@@]21C.O=C1O[C@H]([C@@H](O)CO)C(O)=C1O.[Na+].[Na+]. The summed E-state index contributed by atoms with van der Waals surface area (Å²) in [5, 5.41) is 35.0. The Morgan fingerprint density at radius 3 is 2.28 bits per heavy atom. The maximum Gasteiger partial charge on any atom is 1.00 e. The summed E-state index contributed by atoms with van der Waals surface area (Å²) in [6.45, 7) is 11.6. The van der Waals surface area contributed by atoms with Crippen molar-refractivity contribution < 1.29 is 108 Å². The van der Waals surface area contributed by atoms with Gasteiger partial charge in [0, 0.05) is 0 Å². The third-order valence-corrected chi connectivity index (χ3v) is 12.6. The molecule has 10 atom stereocenters. The molecule has 252 valence electrons. The summed E-state index contributed by atoms with van der Waals surface area (Å²) in [5.41, 5.74) is 2.00. The molecule has 0 aromatic carbocycles. The number of rotatable bonds is 9. The number of phosphoric ester groups is 1. The molecule has 4 unspecified atom stereocenters. The minimum absolute atomic E-state index is 0. The van der Waals surface area contributed by atoms with Gasteiger partial charge in [0.15, 0.2) is 11.9 Å². The van der Waals surface area contributed by atoms with Crippen LogP contribution in [-0.2, 0) is 18.6 Å². The van der Waals surface area contributed by atoms with Gasteiger partial charge in [0.25, 0.3) is 0 Å². The molecule has 0 bridgehead atoms. The van der Waals surface area contributed by atoms with Crippen molar-refractivity contribution in [1.29, 1.82) is 0 Å². The minimum Gasteiger partial charge on any atom is -0.790 e. The molecule has 1 aliphatic heterocycles. The Hall–Kier alpha value is 0.580. The van der Waals surface area contributed by atoms with Crippen molar-refractivity contribution in [3.8, 4) is 0 Å². The van der Waals surface area contributed by atoms with E-state index in [4.69, 9.17) is 24.9 Å². The number of hydrogen-bond donors (Lipinski definition) is 4. The molecule has 0 aromatic rings. The number of esters is 1. The maximum absolute atomic E-state index is 11.1. The largest absolute Gasteiger partial charge is 1.00 e. The fourth-order valence-corrected chi connectivity index (χ4v) is 10.3. The van der Waals surface area contributed by atoms with Crippen molar-refractivity contribution in [2.45, 2.75) is 124 Å². The molecule has 4 aliphatic carbocycles. The van der Waals surface area contributed by atoms with E-state index in [-0.39, 0.29) is 64.5 Å². The van der Waals surface area contributed by atoms with Gasteiger partial charge in [0.1, 0.15) is 6.10 Å². The van der Waals surface area contributed by atoms with Crippen LogP contribution in [0.1, 0.15) is 105 Å². The molecule has 4 N–H and O–H groups in total. The van der Waals surface area contributed by atoms with Gasteiger partial charge >= 0.3 is 65.1 Å². The Labute approximate surface area is 319 Å². The third-order valence-electron chi connectivity index (χ3n) is 12.0. The summed E-state index contributed by atoms with van der Waals surface area (Å²) in [4.78, 5) is 32.8. The van der Waals surface area contributed by atoms with Gasteiger partial charge in [-0.1, -0.05) is 65.5 Å². The van der Waals surface area contributed by atoms with Crippen LogP contribution in [0.25, 0.3) is 0 Å². The molecule has 0 aromatic heterocycles. The quantitative estimate of drug-likeness (QED) is 0.100. The van der Waals surface area contributed by atoms with Gasteiger partial charge in [0.05, 0.1) is 20.5 Å². The van der Waals surface area contributed by atoms with Crippen molar-refractivity contribution in [2.75, 3.05) is 6.61 Å². The molecule has 13 heteroatoms. The maximum atomic E-state index is 11.1. The van der Waals surface area contributed by atoms with Crippen LogP contribution in [0.4, 0.5) is 0 Å². The van der Waals surface area contributed by atoms with E-state index >= 15 is 0 Å². The van der Waals surface area contributed by atoms with Crippen molar-refractivity contribution in [3.63, 3.8) is 0 Å². The molecule has 46 heavy (non-hydrogen) atoms. The summed E-state index contributed by atoms with van der Waals surface area (Å²) in [5.74, 6) is 2.01. The number of allylic oxidation sites excluding steroid dienone is 1. The van der Waals surface area contributed by atoms with Crippen molar-refractivity contribution in [1.82, 2.24) is 0 Å². The van der Waals surface area contributed by atoms with Gasteiger partial charge in [-0.05, 0) is 97.7 Å². The summed E-state index contributed by atoms with van der Waals surface area (Å²) in [7, 11) is -4.91. The van der Waals surface area contributed by atoms with E-state index in [1.165, 1.54) is 50.5 Å². The second kappa shape index (κ2) is 17.2. The number of cyclic esters (lactones) is 1. The van der Waals surface area contributed by atoms with Crippen LogP contribution >= 0.6 is 7.82 Å². The first-order valence-electron chi connectivity index (χ1n) is 16.5. The van der Waals surface area contributed by atoms with Crippen LogP contribution < -0.4 is 68.9 Å². The number of carbonyl (C=O) groups excluding carboxylic acids is 1. The predicted molar refractivity (Wildman–Crippen MR) is 161 cm³/mol. The van der Waals surface area contributed by atoms with Gasteiger partial charge < -0.3 is 44.0 Å². The second-order valence-electron chi connectivity index (χ2n) is 15.0. The molecule has 0 spiro atoms. The van der Waals surface area contributed by atoms with Crippen LogP contribution in [0.5, 0.6) is 0 Å². The van der Waals surface area contributed by atoms with E-state index in [0.717, 1.165) is 42.4 Å². The monoisotopic (exact) mass is 686 g/mol. The Bertz CT molecular complexity index is 1160. The average Bonchev–Trinajstić information content (AvgIpc) is 3.43. The van der Waals surface area contributed by atoms with Crippen LogP contribution in [0.3, 0.4) is 0 Å². The summed E-state index contributed by atoms with van der Waals surface area (Å²) < 4.78 is 20.3. The standard InChI is InChI=1S/C27H47O4P.C6H8O6.2Na/c1-18(2)7-6-8-19(3)23-11-12-24-22-10-9-20-17-21(31-32(28,29)30)13-15-26(20,4)25(22)14-16-27(23,24)5;7-1-2(8)5-3(9)4(10)6(11)12-5;;/h9,18-19,21-25H,6-8,10-17H2,1-5H3,(H2,28,29,30);2,5,7-10H,1H2;;/q;;2*+1/p-2/t19-,21?,22?,23-,24?,25?,26+,27-;2-,5+;;/m10../s1. The normalized spacial score (nSPS) is 36.5. The van der Waals surface area contributed by atoms with Gasteiger partial charge in [-0.3, -0.25) is 0 Å². The van der Waals surface area contributed by atoms with E-state index in [2.05, 4.69) is 45.4 Å². The van der Waals surface area contributed by atoms with Crippen molar-refractivity contribution in [2.24, 2.45) is 46.3 Å². The average molecular weight is 687 g/mol. The number of aliphatic hydroxyl groups is 4. The fraction of sp³-hybridized carbons (Fsp3) is 0.848. The Kier molecular flexibility index (Phi) is 16.0. The van der Waals surface area contributed by atoms with Gasteiger partial charge in [-0.2, -0.15) is 0 Å². The summed E-state index contributed by atoms with van der Waals surface area (Å²) >= 11 is 0. The number of hydrogen-bond acceptors (Lipinski definition) is 10. The number of fused-ring (bicyclic) bond motifs is 5. The zero-order chi connectivity index (χ0) is 32.6. The molecule has 1 heterocycles. The molecule has 5 aliphatic rings. The fourth-order valence-electron chi connectivity index (χ4n) is 9.75. The van der Waals surface area contributed by atoms with Gasteiger partial charge in [-0.15, -0.1) is 0 Å². The second-order valence-corrected chi connectivity index (χ2v) is 16.1. The number of aliphatic hydroxyl groups excluding tert-OH is 4. The molecule has 3 fully saturated rings. The Balaban J connectivity index is 0.000000447. The molecular formula is C33H53Na2O10P. The Morgan fingerprint density at radius 1 is 1.04 bits per heavy atom. The smallest absolute Gasteiger partial charge is 0.790 e. The first kappa shape index (κ1) is 42.7. The molecule has 3 saturated carbocycles. The molecule has 10 nitrogen and oxygen atoms in total. The summed E-state index contributed by atoms with van der Waals surface area (Å²) in [6, 6.07) is 0. The molecule has 0 amide bonds. The zero-order valence-corrected chi connectivity index (χ0v) is 33.8. The van der Waals surface area contributed by atoms with E-state index in [9.17, 15) is 19.1 Å². The van der Waals surface area contributed by atoms with Crippen LogP contribution in [0, 0.1) is 46.3 Å². The first-order valence-corrected chi connectivity index (χ1v) is 18.0. The van der Waals surface area contributed by atoms with Gasteiger partial charge in [0.2, 0.25) is 5.76 Å². The predicted octanol–water partition coefficient (Wildman–Crippen LogP) is -1.16. The Morgan fingerprint density at radius 2 is 1.72 bits per heavy atom. The number of phosphoric acid groups is 1. The number of carbonyl (C=O) groups is 1.